The molecule has 2 aromatic heterocycles. The molecule has 0 saturated heterocycles. The van der Waals surface area contributed by atoms with Crippen LogP contribution in [0.5, 0.6) is 0 Å². The van der Waals surface area contributed by atoms with Crippen LogP contribution in [-0.4, -0.2) is 42.9 Å². The van der Waals surface area contributed by atoms with Crippen LogP contribution < -0.4 is 16.6 Å². The summed E-state index contributed by atoms with van der Waals surface area (Å²) in [6.07, 6.45) is 1.63. The highest BCUT2D eigenvalue weighted by Gasteiger charge is 2.14. The molecule has 0 aliphatic carbocycles. The number of carbonyl (C=O) groups is 1. The van der Waals surface area contributed by atoms with Gasteiger partial charge >= 0.3 is 0 Å². The van der Waals surface area contributed by atoms with E-state index in [0.29, 0.717) is 15.3 Å². The Labute approximate surface area is 226 Å². The maximum absolute atomic E-state index is 12.3. The first kappa shape index (κ1) is 25.4. The highest BCUT2D eigenvalue weighted by atomic mass is 79.9. The molecule has 0 aliphatic heterocycles. The van der Waals surface area contributed by atoms with Gasteiger partial charge in [0, 0.05) is 15.2 Å². The first-order valence-electron chi connectivity index (χ1n) is 9.85. The number of benzene rings is 2. The summed E-state index contributed by atoms with van der Waals surface area (Å²) in [5, 5.41) is 24.4. The number of amides is 1. The van der Waals surface area contributed by atoms with Gasteiger partial charge in [-0.25, -0.2) is 10.1 Å². The van der Waals surface area contributed by atoms with Crippen molar-refractivity contribution < 1.29 is 4.79 Å². The molecule has 0 fully saturated rings. The van der Waals surface area contributed by atoms with Crippen LogP contribution in [0.1, 0.15) is 11.1 Å². The second-order valence-corrected chi connectivity index (χ2v) is 11.2. The van der Waals surface area contributed by atoms with Crippen molar-refractivity contribution in [3.63, 3.8) is 0 Å². The number of anilines is 2. The molecule has 10 nitrogen and oxygen atoms in total. The van der Waals surface area contributed by atoms with E-state index in [0.717, 1.165) is 37.5 Å². The van der Waals surface area contributed by atoms with Crippen LogP contribution in [0.4, 0.5) is 11.1 Å². The molecular weight excluding hydrogens is 594 g/mol. The zero-order valence-electron chi connectivity index (χ0n) is 17.8. The van der Waals surface area contributed by atoms with E-state index in [-0.39, 0.29) is 17.6 Å². The number of nitrogens with two attached hydrogens (primary N) is 1. The fourth-order valence-corrected chi connectivity index (χ4v) is 5.27. The van der Waals surface area contributed by atoms with Crippen LogP contribution >= 0.6 is 62.4 Å². The summed E-state index contributed by atoms with van der Waals surface area (Å²) in [6, 6.07) is 15.2. The number of hydrogen-bond donors (Lipinski definition) is 3. The summed E-state index contributed by atoms with van der Waals surface area (Å²) in [5.74, 6) is 6.79. The van der Waals surface area contributed by atoms with E-state index in [1.165, 1.54) is 27.8 Å². The van der Waals surface area contributed by atoms with Crippen molar-refractivity contribution >= 4 is 85.6 Å². The zero-order chi connectivity index (χ0) is 24.6. The van der Waals surface area contributed by atoms with E-state index in [1.54, 1.807) is 6.21 Å². The van der Waals surface area contributed by atoms with Gasteiger partial charge in [0.1, 0.15) is 0 Å². The van der Waals surface area contributed by atoms with E-state index in [1.807, 2.05) is 48.5 Å². The van der Waals surface area contributed by atoms with Gasteiger partial charge in [-0.2, -0.15) is 5.10 Å². The zero-order valence-corrected chi connectivity index (χ0v) is 22.6. The van der Waals surface area contributed by atoms with Gasteiger partial charge in [0.25, 0.3) is 5.95 Å². The second-order valence-electron chi connectivity index (χ2n) is 6.72. The van der Waals surface area contributed by atoms with Crippen LogP contribution in [0.25, 0.3) is 0 Å². The number of rotatable bonds is 10. The lowest BCUT2D eigenvalue weighted by Gasteiger charge is -2.03. The highest BCUT2D eigenvalue weighted by molar-refractivity contribution is 9.10. The van der Waals surface area contributed by atoms with Gasteiger partial charge in [0.2, 0.25) is 16.2 Å². The van der Waals surface area contributed by atoms with Crippen molar-refractivity contribution in [2.45, 2.75) is 15.2 Å². The van der Waals surface area contributed by atoms with E-state index in [4.69, 9.17) is 17.4 Å². The van der Waals surface area contributed by atoms with Crippen molar-refractivity contribution in [1.82, 2.24) is 25.1 Å². The van der Waals surface area contributed by atoms with E-state index in [9.17, 15) is 4.79 Å². The summed E-state index contributed by atoms with van der Waals surface area (Å²) in [6.45, 7) is 0. The molecule has 0 saturated carbocycles. The van der Waals surface area contributed by atoms with E-state index >= 15 is 0 Å². The lowest BCUT2D eigenvalue weighted by atomic mass is 10.2. The Morgan fingerprint density at radius 2 is 1.89 bits per heavy atom. The first-order valence-corrected chi connectivity index (χ1v) is 13.8. The van der Waals surface area contributed by atoms with Crippen LogP contribution in [0.3, 0.4) is 0 Å². The molecule has 35 heavy (non-hydrogen) atoms. The minimum Gasteiger partial charge on any atom is -0.334 e. The maximum Gasteiger partial charge on any atom is 0.264 e. The number of halogens is 2. The fraction of sp³-hybridized carbons (Fsp3) is 0.100. The number of nitrogens with zero attached hydrogens (tertiary/aromatic N) is 6. The molecule has 0 atom stereocenters. The molecule has 1 amide bonds. The van der Waals surface area contributed by atoms with Crippen molar-refractivity contribution in [1.29, 1.82) is 0 Å². The molecule has 0 aliphatic rings. The molecular formula is C20H17BrClN9OS3. The second kappa shape index (κ2) is 12.4. The van der Waals surface area contributed by atoms with Crippen molar-refractivity contribution in [3.8, 4) is 0 Å². The predicted molar refractivity (Wildman–Crippen MR) is 146 cm³/mol. The van der Waals surface area contributed by atoms with Crippen molar-refractivity contribution in [2.75, 3.05) is 22.3 Å². The third-order valence-electron chi connectivity index (χ3n) is 4.17. The molecule has 2 aromatic carbocycles. The standard InChI is InChI=1S/C20H17BrClN9OS3/c21-14-5-1-12(2-6-14)9-24-26-17-27-29-19(31(17)23)33-11-16(32)25-18-28-30-20(35-18)34-10-13-3-7-15(22)8-4-13/h1-9H,10-11,23H2,(H,26,27)(H,25,28,32)/b24-9+. The first-order chi connectivity index (χ1) is 17.0. The Morgan fingerprint density at radius 3 is 2.66 bits per heavy atom. The van der Waals surface area contributed by atoms with Crippen molar-refractivity contribution in [2.24, 2.45) is 5.10 Å². The van der Waals surface area contributed by atoms with Crippen LogP contribution in [0, 0.1) is 0 Å². The summed E-state index contributed by atoms with van der Waals surface area (Å²) in [7, 11) is 0. The number of carbonyl (C=O) groups excluding carboxylic acids is 1. The van der Waals surface area contributed by atoms with Crippen LogP contribution in [0.2, 0.25) is 5.02 Å². The molecule has 4 N–H and O–H groups in total. The van der Waals surface area contributed by atoms with Gasteiger partial charge in [-0.3, -0.25) is 10.1 Å². The molecule has 0 bridgehead atoms. The minimum atomic E-state index is -0.258. The van der Waals surface area contributed by atoms with Gasteiger partial charge in [-0.05, 0) is 35.4 Å². The molecule has 2 heterocycles. The monoisotopic (exact) mass is 609 g/mol. The molecule has 4 aromatic rings. The van der Waals surface area contributed by atoms with Gasteiger partial charge in [0.05, 0.1) is 12.0 Å². The topological polar surface area (TPSA) is 136 Å². The third-order valence-corrected chi connectivity index (χ3v) is 7.94. The number of thioether (sulfide) groups is 2. The minimum absolute atomic E-state index is 0.0737. The summed E-state index contributed by atoms with van der Waals surface area (Å²) >= 11 is 13.3. The summed E-state index contributed by atoms with van der Waals surface area (Å²) < 4.78 is 2.96. The molecule has 15 heteroatoms. The summed E-state index contributed by atoms with van der Waals surface area (Å²) in [4.78, 5) is 12.3. The number of hydrazone groups is 1. The molecule has 180 valence electrons. The van der Waals surface area contributed by atoms with Crippen molar-refractivity contribution in [3.05, 3.63) is 69.2 Å². The van der Waals surface area contributed by atoms with Crippen LogP contribution in [-0.2, 0) is 10.5 Å². The quantitative estimate of drug-likeness (QED) is 0.0765. The van der Waals surface area contributed by atoms with Gasteiger partial charge in [0.15, 0.2) is 4.34 Å². The Hall–Kier alpha value is -2.65. The predicted octanol–water partition coefficient (Wildman–Crippen LogP) is 4.73. The average Bonchev–Trinajstić information content (AvgIpc) is 3.45. The molecule has 0 spiro atoms. The number of hydrogen-bond acceptors (Lipinski definition) is 11. The Morgan fingerprint density at radius 1 is 1.11 bits per heavy atom. The van der Waals surface area contributed by atoms with E-state index in [2.05, 4.69) is 52.2 Å². The molecule has 0 radical (unpaired) electrons. The maximum atomic E-state index is 12.3. The summed E-state index contributed by atoms with van der Waals surface area (Å²) in [5.41, 5.74) is 4.76. The Bertz CT molecular complexity index is 1310. The Kier molecular flexibility index (Phi) is 8.98. The smallest absolute Gasteiger partial charge is 0.264 e. The van der Waals surface area contributed by atoms with E-state index < -0.39 is 0 Å². The lowest BCUT2D eigenvalue weighted by Crippen LogP contribution is -2.16. The lowest BCUT2D eigenvalue weighted by molar-refractivity contribution is -0.113. The molecule has 4 rings (SSSR count). The number of nitrogens with one attached hydrogen (secondary N) is 2. The average molecular weight is 611 g/mol. The largest absolute Gasteiger partial charge is 0.334 e. The number of nitrogen functional groups attached to an aromatic ring is 1. The van der Waals surface area contributed by atoms with Crippen LogP contribution in [0.15, 0.2) is 67.6 Å². The Balaban J connectivity index is 1.22. The normalized spacial score (nSPS) is 11.1. The number of aromatic nitrogens is 5. The highest BCUT2D eigenvalue weighted by Crippen LogP contribution is 2.29. The van der Waals surface area contributed by atoms with Gasteiger partial charge in [-0.1, -0.05) is 86.7 Å². The van der Waals surface area contributed by atoms with Gasteiger partial charge < -0.3 is 5.84 Å². The third kappa shape index (κ3) is 7.67. The SMILES string of the molecule is Nn1c(N/N=C/c2ccc(Br)cc2)nnc1SCC(=O)Nc1nnc(SCc2ccc(Cl)cc2)s1. The fourth-order valence-electron chi connectivity index (χ4n) is 2.49. The molecule has 0 unspecified atom stereocenters. The van der Waals surface area contributed by atoms with Gasteiger partial charge in [-0.15, -0.1) is 20.4 Å².